The van der Waals surface area contributed by atoms with Crippen LogP contribution in [0.1, 0.15) is 65.2 Å². The molecular formula is C21H28O2. The predicted octanol–water partition coefficient (Wildman–Crippen LogP) is 3.88. The molecule has 0 saturated heterocycles. The predicted molar refractivity (Wildman–Crippen MR) is 90.5 cm³/mol. The second-order valence-electron chi connectivity index (χ2n) is 8.72. The van der Waals surface area contributed by atoms with Crippen molar-refractivity contribution in [1.29, 1.82) is 0 Å². The van der Waals surface area contributed by atoms with Crippen LogP contribution >= 0.6 is 0 Å². The Labute approximate surface area is 139 Å². The van der Waals surface area contributed by atoms with Crippen LogP contribution in [0.5, 0.6) is 0 Å². The van der Waals surface area contributed by atoms with Gasteiger partial charge in [0.05, 0.1) is 5.92 Å². The third-order valence-corrected chi connectivity index (χ3v) is 7.73. The molecule has 0 aromatic rings. The van der Waals surface area contributed by atoms with Crippen molar-refractivity contribution in [3.8, 4) is 11.8 Å². The van der Waals surface area contributed by atoms with E-state index in [4.69, 9.17) is 0 Å². The summed E-state index contributed by atoms with van der Waals surface area (Å²) in [6, 6.07) is 0. The average Bonchev–Trinajstić information content (AvgIpc) is 2.91. The van der Waals surface area contributed by atoms with Gasteiger partial charge in [0.25, 0.3) is 0 Å². The van der Waals surface area contributed by atoms with E-state index < -0.39 is 0 Å². The summed E-state index contributed by atoms with van der Waals surface area (Å²) < 4.78 is 0. The van der Waals surface area contributed by atoms with Crippen molar-refractivity contribution in [1.82, 2.24) is 0 Å². The van der Waals surface area contributed by atoms with E-state index in [9.17, 15) is 9.90 Å². The number of aliphatic hydroxyl groups excluding tert-OH is 1. The second kappa shape index (κ2) is 5.21. The standard InChI is InChI=1S/C21H28O2/c1-20-11-4-3-5-14(20)6-7-15-16-8-9-18(19(23)13-22)21(16,2)12-10-17(15)20/h14,17-18,22H,3-7,10-13H2,1-2H3/t14?,17-,18+,20-,21-/m0/s1. The Morgan fingerprint density at radius 3 is 2.83 bits per heavy atom. The minimum Gasteiger partial charge on any atom is -0.389 e. The summed E-state index contributed by atoms with van der Waals surface area (Å²) >= 11 is 0. The van der Waals surface area contributed by atoms with Gasteiger partial charge in [-0.25, -0.2) is 0 Å². The van der Waals surface area contributed by atoms with Crippen molar-refractivity contribution in [3.63, 3.8) is 0 Å². The Morgan fingerprint density at radius 2 is 2.04 bits per heavy atom. The quantitative estimate of drug-likeness (QED) is 0.786. The average molecular weight is 312 g/mol. The molecule has 2 fully saturated rings. The number of aliphatic hydroxyl groups is 1. The van der Waals surface area contributed by atoms with Crippen molar-refractivity contribution in [2.75, 3.05) is 6.61 Å². The molecule has 124 valence electrons. The SMILES string of the molecule is C[C@]12CC[C@H]3C(=C1C#C[C@@H]2C(=O)CO)CCC1CCCC[C@@]13C. The van der Waals surface area contributed by atoms with E-state index in [1.54, 1.807) is 5.57 Å². The van der Waals surface area contributed by atoms with Crippen LogP contribution in [0.4, 0.5) is 0 Å². The normalized spacial score (nSPS) is 44.7. The van der Waals surface area contributed by atoms with Crippen LogP contribution in [0.2, 0.25) is 0 Å². The molecule has 4 aliphatic carbocycles. The van der Waals surface area contributed by atoms with E-state index in [0.717, 1.165) is 12.3 Å². The Kier molecular flexibility index (Phi) is 3.50. The maximum Gasteiger partial charge on any atom is 0.174 e. The van der Waals surface area contributed by atoms with Crippen LogP contribution in [0.3, 0.4) is 0 Å². The Balaban J connectivity index is 1.74. The van der Waals surface area contributed by atoms with Crippen molar-refractivity contribution in [2.45, 2.75) is 65.2 Å². The number of ketones is 1. The van der Waals surface area contributed by atoms with E-state index in [1.807, 2.05) is 0 Å². The molecule has 0 aliphatic heterocycles. The van der Waals surface area contributed by atoms with Crippen LogP contribution in [-0.4, -0.2) is 17.5 Å². The summed E-state index contributed by atoms with van der Waals surface area (Å²) in [5.74, 6) is 7.76. The molecule has 0 bridgehead atoms. The molecule has 0 heterocycles. The lowest BCUT2D eigenvalue weighted by Gasteiger charge is -2.55. The van der Waals surface area contributed by atoms with Crippen LogP contribution in [0.25, 0.3) is 0 Å². The lowest BCUT2D eigenvalue weighted by molar-refractivity contribution is -0.126. The van der Waals surface area contributed by atoms with Crippen LogP contribution < -0.4 is 0 Å². The number of rotatable bonds is 2. The molecular weight excluding hydrogens is 284 g/mol. The van der Waals surface area contributed by atoms with Gasteiger partial charge < -0.3 is 5.11 Å². The Bertz CT molecular complexity index is 634. The van der Waals surface area contributed by atoms with Crippen molar-refractivity contribution in [3.05, 3.63) is 11.1 Å². The van der Waals surface area contributed by atoms with Gasteiger partial charge in [-0.2, -0.15) is 0 Å². The molecule has 2 saturated carbocycles. The van der Waals surface area contributed by atoms with E-state index >= 15 is 0 Å². The molecule has 2 heteroatoms. The third kappa shape index (κ3) is 2.02. The largest absolute Gasteiger partial charge is 0.389 e. The highest BCUT2D eigenvalue weighted by Crippen LogP contribution is 2.62. The second-order valence-corrected chi connectivity index (χ2v) is 8.72. The number of carbonyl (C=O) groups is 1. The van der Waals surface area contributed by atoms with Crippen LogP contribution in [-0.2, 0) is 4.79 Å². The molecule has 0 aromatic carbocycles. The fourth-order valence-corrected chi connectivity index (χ4v) is 6.35. The molecule has 0 amide bonds. The van der Waals surface area contributed by atoms with Crippen molar-refractivity contribution in [2.24, 2.45) is 28.6 Å². The van der Waals surface area contributed by atoms with Gasteiger partial charge in [-0.3, -0.25) is 4.79 Å². The number of fused-ring (bicyclic) bond motifs is 4. The highest BCUT2D eigenvalue weighted by molar-refractivity contribution is 5.88. The summed E-state index contributed by atoms with van der Waals surface area (Å²) in [5, 5.41) is 9.29. The lowest BCUT2D eigenvalue weighted by atomic mass is 9.49. The highest BCUT2D eigenvalue weighted by atomic mass is 16.3. The monoisotopic (exact) mass is 312 g/mol. The molecule has 5 atom stereocenters. The maximum atomic E-state index is 12.2. The molecule has 23 heavy (non-hydrogen) atoms. The molecule has 0 spiro atoms. The first-order chi connectivity index (χ1) is 11.0. The summed E-state index contributed by atoms with van der Waals surface area (Å²) in [7, 11) is 0. The first kappa shape index (κ1) is 15.5. The zero-order valence-electron chi connectivity index (χ0n) is 14.5. The molecule has 4 aliphatic rings. The number of hydrogen-bond donors (Lipinski definition) is 1. The number of allylic oxidation sites excluding steroid dienone is 2. The lowest BCUT2D eigenvalue weighted by Crippen LogP contribution is -2.46. The van der Waals surface area contributed by atoms with E-state index in [0.29, 0.717) is 11.3 Å². The molecule has 2 nitrogen and oxygen atoms in total. The first-order valence-electron chi connectivity index (χ1n) is 9.39. The third-order valence-electron chi connectivity index (χ3n) is 7.73. The Hall–Kier alpha value is -1.07. The highest BCUT2D eigenvalue weighted by Gasteiger charge is 2.54. The van der Waals surface area contributed by atoms with Crippen molar-refractivity contribution >= 4 is 5.78 Å². The fourth-order valence-electron chi connectivity index (χ4n) is 6.35. The van der Waals surface area contributed by atoms with Crippen LogP contribution in [0.15, 0.2) is 11.1 Å². The zero-order chi connectivity index (χ0) is 16.2. The molecule has 1 N–H and O–H groups in total. The number of Topliss-reactive ketones (excluding diaryl/α,β-unsaturated/α-hetero) is 1. The molecule has 0 radical (unpaired) electrons. The van der Waals surface area contributed by atoms with Gasteiger partial charge in [0.2, 0.25) is 0 Å². The summed E-state index contributed by atoms with van der Waals surface area (Å²) in [5.41, 5.74) is 3.16. The van der Waals surface area contributed by atoms with Gasteiger partial charge in [0.1, 0.15) is 6.61 Å². The van der Waals surface area contributed by atoms with Gasteiger partial charge in [-0.15, -0.1) is 0 Å². The van der Waals surface area contributed by atoms with E-state index in [2.05, 4.69) is 25.7 Å². The summed E-state index contributed by atoms with van der Waals surface area (Å²) in [4.78, 5) is 12.2. The zero-order valence-corrected chi connectivity index (χ0v) is 14.5. The molecule has 1 unspecified atom stereocenters. The topological polar surface area (TPSA) is 37.3 Å². The first-order valence-corrected chi connectivity index (χ1v) is 9.39. The van der Waals surface area contributed by atoms with Crippen LogP contribution in [0, 0.1) is 40.4 Å². The number of hydrogen-bond acceptors (Lipinski definition) is 2. The fraction of sp³-hybridized carbons (Fsp3) is 0.762. The molecule has 0 aromatic heterocycles. The van der Waals surface area contributed by atoms with Gasteiger partial charge in [0, 0.05) is 11.0 Å². The van der Waals surface area contributed by atoms with Gasteiger partial charge in [0.15, 0.2) is 5.78 Å². The summed E-state index contributed by atoms with van der Waals surface area (Å²) in [6.07, 6.45) is 10.3. The minimum atomic E-state index is -0.374. The smallest absolute Gasteiger partial charge is 0.174 e. The van der Waals surface area contributed by atoms with E-state index in [1.165, 1.54) is 50.5 Å². The van der Waals surface area contributed by atoms with Gasteiger partial charge in [-0.1, -0.05) is 44.1 Å². The maximum absolute atomic E-state index is 12.2. The van der Waals surface area contributed by atoms with Gasteiger partial charge >= 0.3 is 0 Å². The summed E-state index contributed by atoms with van der Waals surface area (Å²) in [6.45, 7) is 4.36. The Morgan fingerprint density at radius 1 is 1.22 bits per heavy atom. The van der Waals surface area contributed by atoms with Crippen molar-refractivity contribution < 1.29 is 9.90 Å². The number of carbonyl (C=O) groups excluding carboxylic acids is 1. The minimum absolute atomic E-state index is 0.0911. The van der Waals surface area contributed by atoms with E-state index in [-0.39, 0.29) is 23.7 Å². The molecule has 4 rings (SSSR count). The van der Waals surface area contributed by atoms with Gasteiger partial charge in [-0.05, 0) is 55.8 Å².